The van der Waals surface area contributed by atoms with Gasteiger partial charge in [-0.1, -0.05) is 84.4 Å². The second-order valence-corrected chi connectivity index (χ2v) is 6.69. The molecule has 2 heteroatoms. The van der Waals surface area contributed by atoms with Gasteiger partial charge in [-0.05, 0) is 38.4 Å². The fourth-order valence-electron chi connectivity index (χ4n) is 3.74. The minimum atomic E-state index is -0.0384. The molecule has 5 aromatic carbocycles. The molecule has 1 nitrogen and oxygen atoms in total. The second kappa shape index (κ2) is 5.30. The summed E-state index contributed by atoms with van der Waals surface area (Å²) in [5.74, 6) is -0.0384. The monoisotopic (exact) mass is 340 g/mol. The molecule has 0 N–H and O–H groups in total. The predicted molar refractivity (Wildman–Crippen MR) is 105 cm³/mol. The zero-order chi connectivity index (χ0) is 17.0. The van der Waals surface area contributed by atoms with Gasteiger partial charge in [-0.3, -0.25) is 4.79 Å². The zero-order valence-corrected chi connectivity index (χ0v) is 14.0. The van der Waals surface area contributed by atoms with Crippen molar-refractivity contribution in [3.8, 4) is 0 Å². The maximum atomic E-state index is 13.1. The van der Waals surface area contributed by atoms with Crippen LogP contribution in [0.15, 0.2) is 78.9 Å². The molecule has 25 heavy (non-hydrogen) atoms. The van der Waals surface area contributed by atoms with E-state index in [2.05, 4.69) is 36.4 Å². The van der Waals surface area contributed by atoms with E-state index >= 15 is 0 Å². The Morgan fingerprint density at radius 1 is 0.680 bits per heavy atom. The van der Waals surface area contributed by atoms with Gasteiger partial charge in [0, 0.05) is 11.1 Å². The molecule has 0 heterocycles. The van der Waals surface area contributed by atoms with Crippen molar-refractivity contribution in [2.24, 2.45) is 0 Å². The van der Waals surface area contributed by atoms with E-state index in [4.69, 9.17) is 11.6 Å². The lowest BCUT2D eigenvalue weighted by Gasteiger charge is -2.15. The van der Waals surface area contributed by atoms with Gasteiger partial charge in [-0.15, -0.1) is 0 Å². The Morgan fingerprint density at radius 3 is 2.12 bits per heavy atom. The Hall–Kier alpha value is -2.90. The SMILES string of the molecule is O=C(c1ccccc1)c1c(Cl)cc2ccc3cccc4ccc1c2c34. The van der Waals surface area contributed by atoms with Crippen LogP contribution in [-0.4, -0.2) is 5.78 Å². The summed E-state index contributed by atoms with van der Waals surface area (Å²) in [7, 11) is 0. The fourth-order valence-corrected chi connectivity index (χ4v) is 4.04. The molecule has 0 aliphatic heterocycles. The van der Waals surface area contributed by atoms with Crippen molar-refractivity contribution in [1.29, 1.82) is 0 Å². The van der Waals surface area contributed by atoms with Gasteiger partial charge in [-0.25, -0.2) is 0 Å². The molecule has 0 saturated carbocycles. The number of benzene rings is 5. The van der Waals surface area contributed by atoms with Crippen molar-refractivity contribution < 1.29 is 4.79 Å². The summed E-state index contributed by atoms with van der Waals surface area (Å²) >= 11 is 6.55. The molecule has 0 radical (unpaired) electrons. The quantitative estimate of drug-likeness (QED) is 0.266. The highest BCUT2D eigenvalue weighted by Gasteiger charge is 2.19. The van der Waals surface area contributed by atoms with Gasteiger partial charge in [0.2, 0.25) is 0 Å². The van der Waals surface area contributed by atoms with Gasteiger partial charge in [0.15, 0.2) is 5.78 Å². The van der Waals surface area contributed by atoms with Crippen molar-refractivity contribution >= 4 is 49.7 Å². The van der Waals surface area contributed by atoms with Crippen LogP contribution in [-0.2, 0) is 0 Å². The molecular formula is C23H13ClO. The van der Waals surface area contributed by atoms with E-state index in [1.165, 1.54) is 16.2 Å². The Bertz CT molecular complexity index is 1240. The van der Waals surface area contributed by atoms with Crippen LogP contribution in [0.25, 0.3) is 32.3 Å². The first-order valence-corrected chi connectivity index (χ1v) is 8.57. The van der Waals surface area contributed by atoms with Gasteiger partial charge in [0.05, 0.1) is 5.02 Å². The Labute approximate surface area is 149 Å². The van der Waals surface area contributed by atoms with Crippen LogP contribution in [0.3, 0.4) is 0 Å². The molecule has 0 bridgehead atoms. The molecule has 5 rings (SSSR count). The summed E-state index contributed by atoms with van der Waals surface area (Å²) < 4.78 is 0. The molecule has 0 atom stereocenters. The van der Waals surface area contributed by atoms with Gasteiger partial charge in [-0.2, -0.15) is 0 Å². The fraction of sp³-hybridized carbons (Fsp3) is 0. The average Bonchev–Trinajstić information content (AvgIpc) is 2.66. The molecule has 118 valence electrons. The van der Waals surface area contributed by atoms with Crippen molar-refractivity contribution in [1.82, 2.24) is 0 Å². The van der Waals surface area contributed by atoms with E-state index in [1.807, 2.05) is 42.5 Å². The molecule has 0 amide bonds. The Balaban J connectivity index is 1.94. The van der Waals surface area contributed by atoms with Crippen molar-refractivity contribution in [2.45, 2.75) is 0 Å². The largest absolute Gasteiger partial charge is 0.289 e. The van der Waals surface area contributed by atoms with E-state index in [0.29, 0.717) is 16.1 Å². The van der Waals surface area contributed by atoms with Crippen LogP contribution in [0.1, 0.15) is 15.9 Å². The van der Waals surface area contributed by atoms with E-state index in [9.17, 15) is 4.79 Å². The summed E-state index contributed by atoms with van der Waals surface area (Å²) in [6.45, 7) is 0. The molecule has 0 unspecified atom stereocenters. The lowest BCUT2D eigenvalue weighted by atomic mass is 9.89. The summed E-state index contributed by atoms with van der Waals surface area (Å²) in [5.41, 5.74) is 1.23. The van der Waals surface area contributed by atoms with Crippen LogP contribution in [0.5, 0.6) is 0 Å². The summed E-state index contributed by atoms with van der Waals surface area (Å²) in [6, 6.07) is 25.8. The number of carbonyl (C=O) groups excluding carboxylic acids is 1. The topological polar surface area (TPSA) is 17.1 Å². The summed E-state index contributed by atoms with van der Waals surface area (Å²) in [5, 5.41) is 7.14. The third kappa shape index (κ3) is 2.06. The van der Waals surface area contributed by atoms with Crippen LogP contribution in [0, 0.1) is 0 Å². The average molecular weight is 341 g/mol. The molecule has 0 aliphatic rings. The minimum Gasteiger partial charge on any atom is -0.289 e. The molecular weight excluding hydrogens is 328 g/mol. The minimum absolute atomic E-state index is 0.0384. The van der Waals surface area contributed by atoms with Gasteiger partial charge in [0.1, 0.15) is 0 Å². The van der Waals surface area contributed by atoms with Crippen LogP contribution in [0.2, 0.25) is 5.02 Å². The first-order valence-electron chi connectivity index (χ1n) is 8.20. The number of halogens is 1. The molecule has 0 fully saturated rings. The molecule has 0 spiro atoms. The van der Waals surface area contributed by atoms with E-state index in [-0.39, 0.29) is 5.78 Å². The third-order valence-corrected chi connectivity index (χ3v) is 5.16. The standard InChI is InChI=1S/C23H13ClO/c24-19-13-17-10-9-14-7-4-8-15-11-12-18(21(17)20(14)15)22(19)23(25)16-5-2-1-3-6-16/h1-13H. The Morgan fingerprint density at radius 2 is 1.36 bits per heavy atom. The maximum absolute atomic E-state index is 13.1. The first-order chi connectivity index (χ1) is 12.2. The van der Waals surface area contributed by atoms with Crippen molar-refractivity contribution in [2.75, 3.05) is 0 Å². The summed E-state index contributed by atoms with van der Waals surface area (Å²) in [4.78, 5) is 13.1. The number of ketones is 1. The van der Waals surface area contributed by atoms with Gasteiger partial charge < -0.3 is 0 Å². The number of hydrogen-bond donors (Lipinski definition) is 0. The highest BCUT2D eigenvalue weighted by molar-refractivity contribution is 6.40. The predicted octanol–water partition coefficient (Wildman–Crippen LogP) is 6.47. The van der Waals surface area contributed by atoms with Crippen molar-refractivity contribution in [3.05, 3.63) is 95.0 Å². The smallest absolute Gasteiger partial charge is 0.195 e. The number of rotatable bonds is 2. The molecule has 0 saturated heterocycles. The lowest BCUT2D eigenvalue weighted by molar-refractivity contribution is 0.104. The van der Waals surface area contributed by atoms with Gasteiger partial charge >= 0.3 is 0 Å². The highest BCUT2D eigenvalue weighted by atomic mass is 35.5. The lowest BCUT2D eigenvalue weighted by Crippen LogP contribution is -2.03. The Kier molecular flexibility index (Phi) is 3.06. The third-order valence-electron chi connectivity index (χ3n) is 4.86. The zero-order valence-electron chi connectivity index (χ0n) is 13.3. The highest BCUT2D eigenvalue weighted by Crippen LogP contribution is 2.39. The van der Waals surface area contributed by atoms with E-state index < -0.39 is 0 Å². The number of hydrogen-bond acceptors (Lipinski definition) is 1. The molecule has 5 aromatic rings. The van der Waals surface area contributed by atoms with E-state index in [0.717, 1.165) is 16.2 Å². The maximum Gasteiger partial charge on any atom is 0.195 e. The summed E-state index contributed by atoms with van der Waals surface area (Å²) in [6.07, 6.45) is 0. The van der Waals surface area contributed by atoms with Crippen molar-refractivity contribution in [3.63, 3.8) is 0 Å². The molecule has 0 aliphatic carbocycles. The van der Waals surface area contributed by atoms with Crippen LogP contribution in [0.4, 0.5) is 0 Å². The molecule has 0 aromatic heterocycles. The first kappa shape index (κ1) is 14.4. The van der Waals surface area contributed by atoms with E-state index in [1.54, 1.807) is 0 Å². The van der Waals surface area contributed by atoms with Gasteiger partial charge in [0.25, 0.3) is 0 Å². The van der Waals surface area contributed by atoms with Crippen LogP contribution >= 0.6 is 11.6 Å². The second-order valence-electron chi connectivity index (χ2n) is 6.28. The number of carbonyl (C=O) groups is 1. The van der Waals surface area contributed by atoms with Crippen LogP contribution < -0.4 is 0 Å². The normalized spacial score (nSPS) is 11.6.